The third kappa shape index (κ3) is 6.95. The number of hydrogen-bond donors (Lipinski definition) is 6. The zero-order valence-corrected chi connectivity index (χ0v) is 32.9. The first-order valence-corrected chi connectivity index (χ1v) is 19.9. The van der Waals surface area contributed by atoms with Crippen LogP contribution < -0.4 is 6.15 Å². The average molecular weight is 761 g/mol. The van der Waals surface area contributed by atoms with Crippen LogP contribution in [0.15, 0.2) is 24.3 Å². The van der Waals surface area contributed by atoms with Gasteiger partial charge in [0.15, 0.2) is 0 Å². The molecule has 2 aromatic rings. The number of carboxylic acids is 2. The minimum absolute atomic E-state index is 0. The number of benzene rings is 2. The molecule has 4 saturated carbocycles. The quantitative estimate of drug-likeness (QED) is 0.139. The van der Waals surface area contributed by atoms with Gasteiger partial charge in [0.05, 0.1) is 15.6 Å². The van der Waals surface area contributed by atoms with Crippen molar-refractivity contribution in [2.24, 2.45) is 52.3 Å². The van der Waals surface area contributed by atoms with Crippen LogP contribution in [0.3, 0.4) is 0 Å². The van der Waals surface area contributed by atoms with Crippen molar-refractivity contribution in [1.82, 2.24) is 6.15 Å². The summed E-state index contributed by atoms with van der Waals surface area (Å²) in [5.41, 5.74) is -1.16. The van der Waals surface area contributed by atoms with Crippen molar-refractivity contribution < 1.29 is 35.1 Å². The number of halogens is 2. The maximum Gasteiger partial charge on any atom is 0.339 e. The summed E-state index contributed by atoms with van der Waals surface area (Å²) in [5, 5.41) is 53.3. The van der Waals surface area contributed by atoms with Crippen LogP contribution in [0, 0.1) is 52.3 Å². The molecular formula is C42H59Cl2NO7. The molecule has 6 rings (SSSR count). The molecule has 4 aliphatic rings. The Labute approximate surface area is 318 Å². The molecule has 4 aliphatic carbocycles. The summed E-state index contributed by atoms with van der Waals surface area (Å²) in [6.45, 7) is 12.2. The molecule has 0 aromatic heterocycles. The fourth-order valence-electron chi connectivity index (χ4n) is 12.3. The fraction of sp³-hybridized carbons (Fsp3) is 0.667. The molecule has 0 bridgehead atoms. The van der Waals surface area contributed by atoms with Gasteiger partial charge in [-0.1, -0.05) is 77.1 Å². The second-order valence-corrected chi connectivity index (χ2v) is 18.7. The molecule has 52 heavy (non-hydrogen) atoms. The molecule has 5 unspecified atom stereocenters. The van der Waals surface area contributed by atoms with E-state index in [1.165, 1.54) is 69.2 Å². The molecule has 2 aromatic carbocycles. The summed E-state index contributed by atoms with van der Waals surface area (Å²) in [5.74, 6) is -0.401. The molecule has 10 heteroatoms. The van der Waals surface area contributed by atoms with E-state index in [2.05, 4.69) is 34.6 Å². The largest absolute Gasteiger partial charge is 0.505 e. The lowest BCUT2D eigenvalue weighted by Gasteiger charge is -2.63. The van der Waals surface area contributed by atoms with Gasteiger partial charge in [-0.05, 0) is 145 Å². The summed E-state index contributed by atoms with van der Waals surface area (Å²) in [4.78, 5) is 24.3. The van der Waals surface area contributed by atoms with Gasteiger partial charge in [-0.15, -0.1) is 0 Å². The Balaban J connectivity index is 0.00000523. The number of fused-ring (bicyclic) bond motifs is 5. The van der Waals surface area contributed by atoms with E-state index in [-0.39, 0.29) is 27.5 Å². The van der Waals surface area contributed by atoms with E-state index in [4.69, 9.17) is 23.2 Å². The number of hydrogen-bond acceptors (Lipinski definition) is 6. The maximum atomic E-state index is 12.9. The van der Waals surface area contributed by atoms with Gasteiger partial charge in [-0.3, -0.25) is 0 Å². The first-order valence-electron chi connectivity index (χ1n) is 19.1. The first kappa shape index (κ1) is 40.7. The summed E-state index contributed by atoms with van der Waals surface area (Å²) < 4.78 is 0. The number of aliphatic hydroxyl groups is 1. The zero-order valence-electron chi connectivity index (χ0n) is 31.4. The topological polar surface area (TPSA) is 170 Å². The van der Waals surface area contributed by atoms with Crippen LogP contribution >= 0.6 is 23.2 Å². The van der Waals surface area contributed by atoms with Crippen LogP contribution in [0.5, 0.6) is 11.5 Å². The van der Waals surface area contributed by atoms with Gasteiger partial charge < -0.3 is 31.7 Å². The van der Waals surface area contributed by atoms with Gasteiger partial charge in [-0.25, -0.2) is 9.59 Å². The highest BCUT2D eigenvalue weighted by Crippen LogP contribution is 2.69. The summed E-state index contributed by atoms with van der Waals surface area (Å²) >= 11 is 12.8. The number of carboxylic acid groups (broad SMARTS) is 2. The van der Waals surface area contributed by atoms with Crippen molar-refractivity contribution in [2.75, 3.05) is 0 Å². The molecule has 9 atom stereocenters. The number of phenols is 2. The minimum Gasteiger partial charge on any atom is -0.505 e. The lowest BCUT2D eigenvalue weighted by molar-refractivity contribution is -0.155. The molecule has 0 aliphatic heterocycles. The van der Waals surface area contributed by atoms with Crippen molar-refractivity contribution in [1.29, 1.82) is 0 Å². The Morgan fingerprint density at radius 2 is 1.33 bits per heavy atom. The van der Waals surface area contributed by atoms with E-state index in [1.807, 2.05) is 0 Å². The molecule has 0 saturated heterocycles. The first-order chi connectivity index (χ1) is 23.9. The monoisotopic (exact) mass is 759 g/mol. The van der Waals surface area contributed by atoms with Crippen molar-refractivity contribution >= 4 is 35.1 Å². The van der Waals surface area contributed by atoms with E-state index in [1.54, 1.807) is 0 Å². The van der Waals surface area contributed by atoms with Gasteiger partial charge in [0, 0.05) is 5.92 Å². The maximum absolute atomic E-state index is 12.9. The van der Waals surface area contributed by atoms with E-state index in [0.717, 1.165) is 42.9 Å². The van der Waals surface area contributed by atoms with E-state index in [0.29, 0.717) is 41.2 Å². The Morgan fingerprint density at radius 1 is 0.769 bits per heavy atom. The zero-order chi connectivity index (χ0) is 37.2. The van der Waals surface area contributed by atoms with E-state index in [9.17, 15) is 35.1 Å². The second-order valence-electron chi connectivity index (χ2n) is 17.8. The van der Waals surface area contributed by atoms with E-state index >= 15 is 0 Å². The smallest absolute Gasteiger partial charge is 0.339 e. The van der Waals surface area contributed by atoms with Crippen molar-refractivity contribution in [3.8, 4) is 11.5 Å². The Hall–Kier alpha value is -2.52. The standard InChI is InChI=1S/C42H56Cl2O7.H3N/c1-22(2)7-6-8-23(3)30-11-12-31-27-10-9-26-21-42(51,16-15-40(26,4)32(27)13-14-41(30,31)5)35(24-17-28(38(47)48)36(45)33(43)19-24)25-18-29(39(49)50)37(46)34(44)20-25;/h17-20,22-23,26-27,30-32,35,45-46,51H,6-16,21H2,1-5H3,(H,47,48)(H,49,50);1H3/t23-,26?,27?,30?,31?,32?,40+,41-,42-;/m1./s1. The lowest BCUT2D eigenvalue weighted by atomic mass is 9.43. The molecule has 8 nitrogen and oxygen atoms in total. The van der Waals surface area contributed by atoms with E-state index < -0.39 is 46.1 Å². The number of rotatable bonds is 10. The molecule has 0 spiro atoms. The lowest BCUT2D eigenvalue weighted by Crippen LogP contribution is -2.57. The molecule has 288 valence electrons. The van der Waals surface area contributed by atoms with Crippen LogP contribution in [0.25, 0.3) is 0 Å². The van der Waals surface area contributed by atoms with Crippen LogP contribution in [0.1, 0.15) is 149 Å². The van der Waals surface area contributed by atoms with Gasteiger partial charge in [0.1, 0.15) is 22.6 Å². The highest BCUT2D eigenvalue weighted by molar-refractivity contribution is 6.33. The Bertz CT molecular complexity index is 1610. The van der Waals surface area contributed by atoms with Crippen LogP contribution in [-0.2, 0) is 0 Å². The molecule has 0 heterocycles. The summed E-state index contributed by atoms with van der Waals surface area (Å²) in [6, 6.07) is 5.50. The second kappa shape index (κ2) is 15.0. The highest BCUT2D eigenvalue weighted by Gasteiger charge is 2.62. The third-order valence-corrected chi connectivity index (χ3v) is 15.4. The number of aromatic hydroxyl groups is 2. The van der Waals surface area contributed by atoms with Crippen LogP contribution in [-0.4, -0.2) is 43.1 Å². The number of aromatic carboxylic acids is 2. The summed E-state index contributed by atoms with van der Waals surface area (Å²) in [6.07, 6.45) is 12.8. The fourth-order valence-corrected chi connectivity index (χ4v) is 12.7. The van der Waals surface area contributed by atoms with Crippen molar-refractivity contribution in [2.45, 2.75) is 123 Å². The minimum atomic E-state index is -1.41. The predicted octanol–water partition coefficient (Wildman–Crippen LogP) is 10.9. The molecular weight excluding hydrogens is 701 g/mol. The number of carbonyl (C=O) groups is 2. The highest BCUT2D eigenvalue weighted by atomic mass is 35.5. The van der Waals surface area contributed by atoms with Gasteiger partial charge in [0.2, 0.25) is 0 Å². The molecule has 0 amide bonds. The van der Waals surface area contributed by atoms with Gasteiger partial charge >= 0.3 is 11.9 Å². The Morgan fingerprint density at radius 3 is 1.87 bits per heavy atom. The van der Waals surface area contributed by atoms with Crippen molar-refractivity contribution in [3.05, 3.63) is 56.6 Å². The van der Waals surface area contributed by atoms with Gasteiger partial charge in [0.25, 0.3) is 0 Å². The molecule has 8 N–H and O–H groups in total. The normalized spacial score (nSPS) is 33.2. The molecule has 0 radical (unpaired) electrons. The SMILES string of the molecule is CC(C)CCC[C@@H](C)C1CCC2C3CCC4C[C@@](O)(C(c5cc(Cl)c(O)c(C(=O)O)c5)c5cc(Cl)c(O)c(C(=O)O)c5)CC[C@]4(C)C3CC[C@@]21C.N. The predicted molar refractivity (Wildman–Crippen MR) is 205 cm³/mol. The average Bonchev–Trinajstić information content (AvgIpc) is 3.41. The van der Waals surface area contributed by atoms with Gasteiger partial charge in [-0.2, -0.15) is 0 Å². The Kier molecular flexibility index (Phi) is 11.7. The van der Waals surface area contributed by atoms with Crippen molar-refractivity contribution in [3.63, 3.8) is 0 Å². The third-order valence-electron chi connectivity index (χ3n) is 14.8. The molecule has 4 fully saturated rings. The van der Waals surface area contributed by atoms with Crippen LogP contribution in [0.2, 0.25) is 10.0 Å². The summed E-state index contributed by atoms with van der Waals surface area (Å²) in [7, 11) is 0. The van der Waals surface area contributed by atoms with Crippen LogP contribution in [0.4, 0.5) is 0 Å².